The molecule has 6 nitrogen and oxygen atoms in total. The molecule has 7 heteroatoms. The summed E-state index contributed by atoms with van der Waals surface area (Å²) in [5, 5.41) is 9.88. The highest BCUT2D eigenvalue weighted by atomic mass is 32.2. The minimum absolute atomic E-state index is 0.578. The van der Waals surface area contributed by atoms with Gasteiger partial charge in [0.2, 0.25) is 6.29 Å². The molecule has 0 radical (unpaired) electrons. The maximum absolute atomic E-state index is 11.0. The Hall–Kier alpha value is -1.15. The molecule has 1 unspecified atom stereocenters. The van der Waals surface area contributed by atoms with Gasteiger partial charge in [0, 0.05) is 5.56 Å². The zero-order chi connectivity index (χ0) is 15.3. The molecule has 0 amide bonds. The van der Waals surface area contributed by atoms with E-state index in [1.807, 2.05) is 13.8 Å². The molecule has 0 saturated heterocycles. The van der Waals surface area contributed by atoms with E-state index in [2.05, 4.69) is 4.72 Å². The van der Waals surface area contributed by atoms with Gasteiger partial charge in [-0.25, -0.2) is 0 Å². The minimum atomic E-state index is -4.31. The smallest absolute Gasteiger partial charge is 0.334 e. The van der Waals surface area contributed by atoms with Gasteiger partial charge in [0.15, 0.2) is 0 Å². The quantitative estimate of drug-likeness (QED) is 0.731. The molecule has 0 spiro atoms. The third-order valence-corrected chi connectivity index (χ3v) is 4.40. The average Bonchev–Trinajstić information content (AvgIpc) is 2.46. The highest BCUT2D eigenvalue weighted by Crippen LogP contribution is 2.43. The van der Waals surface area contributed by atoms with Crippen molar-refractivity contribution in [3.05, 3.63) is 29.3 Å². The van der Waals surface area contributed by atoms with Crippen LogP contribution in [0.5, 0.6) is 5.75 Å². The van der Waals surface area contributed by atoms with E-state index in [-0.39, 0.29) is 0 Å². The van der Waals surface area contributed by atoms with Crippen LogP contribution in [0.3, 0.4) is 0 Å². The van der Waals surface area contributed by atoms with Crippen LogP contribution in [-0.2, 0) is 21.3 Å². The van der Waals surface area contributed by atoms with Gasteiger partial charge in [0.1, 0.15) is 5.75 Å². The summed E-state index contributed by atoms with van der Waals surface area (Å²) in [6, 6.07) is 5.17. The lowest BCUT2D eigenvalue weighted by atomic mass is 9.82. The summed E-state index contributed by atoms with van der Waals surface area (Å²) < 4.78 is 38.5. The van der Waals surface area contributed by atoms with E-state index in [1.165, 1.54) is 0 Å². The van der Waals surface area contributed by atoms with Crippen molar-refractivity contribution in [2.75, 3.05) is 0 Å². The fourth-order valence-corrected chi connectivity index (χ4v) is 3.07. The standard InChI is InChI=1S/C13H19NO5S/c1-12(2)9-7-8(5-6-10(9)19-11(12)15)13(3,4)14-20(16,17)18/h5-7,11,14-15H,1-4H3,(H,16,17,18). The highest BCUT2D eigenvalue weighted by Gasteiger charge is 2.41. The Kier molecular flexibility index (Phi) is 3.37. The van der Waals surface area contributed by atoms with Gasteiger partial charge in [-0.15, -0.1) is 0 Å². The molecule has 1 atom stereocenters. The summed E-state index contributed by atoms with van der Waals surface area (Å²) in [5.41, 5.74) is -0.0986. The van der Waals surface area contributed by atoms with Crippen molar-refractivity contribution in [3.63, 3.8) is 0 Å². The largest absolute Gasteiger partial charge is 0.464 e. The van der Waals surface area contributed by atoms with Crippen LogP contribution in [0.4, 0.5) is 0 Å². The Bertz CT molecular complexity index is 636. The summed E-state index contributed by atoms with van der Waals surface area (Å²) in [6.07, 6.45) is -0.939. The van der Waals surface area contributed by atoms with E-state index >= 15 is 0 Å². The van der Waals surface area contributed by atoms with E-state index in [4.69, 9.17) is 9.29 Å². The van der Waals surface area contributed by atoms with Gasteiger partial charge in [0.05, 0.1) is 11.0 Å². The Balaban J connectivity index is 2.45. The van der Waals surface area contributed by atoms with Crippen LogP contribution >= 0.6 is 0 Å². The van der Waals surface area contributed by atoms with E-state index in [1.54, 1.807) is 32.0 Å². The van der Waals surface area contributed by atoms with E-state index < -0.39 is 27.5 Å². The van der Waals surface area contributed by atoms with Gasteiger partial charge in [-0.1, -0.05) is 6.07 Å². The van der Waals surface area contributed by atoms with Crippen LogP contribution in [0.25, 0.3) is 0 Å². The normalized spacial score (nSPS) is 21.4. The summed E-state index contributed by atoms with van der Waals surface area (Å²) >= 11 is 0. The van der Waals surface area contributed by atoms with Crippen LogP contribution in [0.15, 0.2) is 18.2 Å². The summed E-state index contributed by atoms with van der Waals surface area (Å²) in [7, 11) is -4.31. The molecule has 1 heterocycles. The van der Waals surface area contributed by atoms with Crippen molar-refractivity contribution < 1.29 is 22.8 Å². The lowest BCUT2D eigenvalue weighted by molar-refractivity contribution is -0.0450. The first-order valence-corrected chi connectivity index (χ1v) is 7.63. The van der Waals surface area contributed by atoms with Gasteiger partial charge in [-0.05, 0) is 45.4 Å². The molecular formula is C13H19NO5S. The van der Waals surface area contributed by atoms with Crippen molar-refractivity contribution in [2.24, 2.45) is 0 Å². The van der Waals surface area contributed by atoms with Crippen molar-refractivity contribution >= 4 is 10.3 Å². The summed E-state index contributed by atoms with van der Waals surface area (Å²) in [5.74, 6) is 0.578. The first-order chi connectivity index (χ1) is 8.93. The Labute approximate surface area is 118 Å². The average molecular weight is 301 g/mol. The fraction of sp³-hybridized carbons (Fsp3) is 0.538. The van der Waals surface area contributed by atoms with Crippen molar-refractivity contribution in [2.45, 2.75) is 44.9 Å². The highest BCUT2D eigenvalue weighted by molar-refractivity contribution is 7.83. The van der Waals surface area contributed by atoms with E-state index in [9.17, 15) is 13.5 Å². The molecule has 1 aromatic carbocycles. The number of aliphatic hydroxyl groups is 1. The van der Waals surface area contributed by atoms with Crippen molar-refractivity contribution in [1.29, 1.82) is 0 Å². The second kappa shape index (κ2) is 4.42. The number of fused-ring (bicyclic) bond motifs is 1. The minimum Gasteiger partial charge on any atom is -0.464 e. The number of hydrogen-bond donors (Lipinski definition) is 3. The first-order valence-electron chi connectivity index (χ1n) is 6.19. The Morgan fingerprint density at radius 1 is 1.35 bits per heavy atom. The maximum Gasteiger partial charge on any atom is 0.334 e. The molecule has 1 aromatic rings. The predicted molar refractivity (Wildman–Crippen MR) is 73.8 cm³/mol. The SMILES string of the molecule is CC(C)(NS(=O)(=O)O)c1ccc2c(c1)C(C)(C)C(O)O2. The molecular weight excluding hydrogens is 282 g/mol. The van der Waals surface area contributed by atoms with Crippen molar-refractivity contribution in [1.82, 2.24) is 4.72 Å². The lowest BCUT2D eigenvalue weighted by Gasteiger charge is -2.26. The zero-order valence-electron chi connectivity index (χ0n) is 11.8. The molecule has 2 rings (SSSR count). The second-order valence-corrected chi connectivity index (χ2v) is 7.26. The molecule has 0 fully saturated rings. The first kappa shape index (κ1) is 15.2. The number of ether oxygens (including phenoxy) is 1. The molecule has 112 valence electrons. The van der Waals surface area contributed by atoms with E-state index in [0.717, 1.165) is 5.56 Å². The fourth-order valence-electron chi connectivity index (χ4n) is 2.31. The number of aliphatic hydroxyl groups excluding tert-OH is 1. The van der Waals surface area contributed by atoms with Gasteiger partial charge in [0.25, 0.3) is 0 Å². The molecule has 0 saturated carbocycles. The zero-order valence-corrected chi connectivity index (χ0v) is 12.7. The van der Waals surface area contributed by atoms with Crippen LogP contribution in [0.1, 0.15) is 38.8 Å². The molecule has 0 aromatic heterocycles. The van der Waals surface area contributed by atoms with Crippen LogP contribution < -0.4 is 9.46 Å². The third kappa shape index (κ3) is 2.67. The topological polar surface area (TPSA) is 95.9 Å². The third-order valence-electron chi connectivity index (χ3n) is 3.64. The van der Waals surface area contributed by atoms with Gasteiger partial charge >= 0.3 is 10.3 Å². The van der Waals surface area contributed by atoms with Crippen molar-refractivity contribution in [3.8, 4) is 5.75 Å². The van der Waals surface area contributed by atoms with E-state index in [0.29, 0.717) is 11.3 Å². The number of nitrogens with one attached hydrogen (secondary N) is 1. The second-order valence-electron chi connectivity index (χ2n) is 6.10. The predicted octanol–water partition coefficient (Wildman–Crippen LogP) is 1.30. The molecule has 0 aliphatic carbocycles. The Morgan fingerprint density at radius 2 is 1.95 bits per heavy atom. The molecule has 0 bridgehead atoms. The maximum atomic E-state index is 11.0. The number of benzene rings is 1. The molecule has 1 aliphatic rings. The van der Waals surface area contributed by atoms with Crippen LogP contribution in [0.2, 0.25) is 0 Å². The van der Waals surface area contributed by atoms with Gasteiger partial charge in [-0.3, -0.25) is 4.55 Å². The molecule has 1 aliphatic heterocycles. The van der Waals surface area contributed by atoms with Gasteiger partial charge in [-0.2, -0.15) is 13.1 Å². The number of hydrogen-bond acceptors (Lipinski definition) is 4. The van der Waals surface area contributed by atoms with Crippen LogP contribution in [-0.4, -0.2) is 24.4 Å². The van der Waals surface area contributed by atoms with Crippen LogP contribution in [0, 0.1) is 0 Å². The Morgan fingerprint density at radius 3 is 2.50 bits per heavy atom. The number of rotatable bonds is 3. The van der Waals surface area contributed by atoms with Gasteiger partial charge < -0.3 is 9.84 Å². The molecule has 3 N–H and O–H groups in total. The summed E-state index contributed by atoms with van der Waals surface area (Å²) in [4.78, 5) is 0. The lowest BCUT2D eigenvalue weighted by Crippen LogP contribution is -2.40. The monoisotopic (exact) mass is 301 g/mol. The summed E-state index contributed by atoms with van der Waals surface area (Å²) in [6.45, 7) is 6.97. The molecule has 20 heavy (non-hydrogen) atoms.